The lowest BCUT2D eigenvalue weighted by molar-refractivity contribution is 0.0982. The maximum Gasteiger partial charge on any atom is 0.260 e. The van der Waals surface area contributed by atoms with E-state index in [0.29, 0.717) is 29.9 Å². The van der Waals surface area contributed by atoms with Gasteiger partial charge < -0.3 is 20.1 Å². The number of anilines is 1. The molecule has 2 N–H and O–H groups in total. The van der Waals surface area contributed by atoms with Crippen LogP contribution in [-0.2, 0) is 19.6 Å². The molecular formula is C29H28FN5O2. The molecule has 3 heterocycles. The average molecular weight is 498 g/mol. The molecule has 2 amide bonds. The molecule has 188 valence electrons. The highest BCUT2D eigenvalue weighted by Gasteiger charge is 2.28. The molecule has 0 unspecified atom stereocenters. The minimum Gasteiger partial charge on any atom is -0.366 e. The maximum absolute atomic E-state index is 14.7. The molecule has 0 saturated carbocycles. The van der Waals surface area contributed by atoms with Crippen LogP contribution in [0.15, 0.2) is 66.9 Å². The van der Waals surface area contributed by atoms with Gasteiger partial charge in [-0.25, -0.2) is 4.39 Å². The Kier molecular flexibility index (Phi) is 6.35. The third-order valence-electron chi connectivity index (χ3n) is 6.74. The van der Waals surface area contributed by atoms with Gasteiger partial charge in [0.25, 0.3) is 5.91 Å². The Bertz CT molecular complexity index is 1520. The molecule has 37 heavy (non-hydrogen) atoms. The molecule has 8 heteroatoms. The number of rotatable bonds is 5. The zero-order chi connectivity index (χ0) is 26.3. The lowest BCUT2D eigenvalue weighted by atomic mass is 9.98. The predicted molar refractivity (Wildman–Crippen MR) is 141 cm³/mol. The highest BCUT2D eigenvalue weighted by molar-refractivity contribution is 6.10. The van der Waals surface area contributed by atoms with Crippen molar-refractivity contribution in [1.29, 1.82) is 0 Å². The zero-order valence-electron chi connectivity index (χ0n) is 21.0. The Morgan fingerprint density at radius 2 is 1.81 bits per heavy atom. The van der Waals surface area contributed by atoms with E-state index in [9.17, 15) is 14.0 Å². The molecule has 0 fully saturated rings. The van der Waals surface area contributed by atoms with Crippen molar-refractivity contribution in [2.75, 3.05) is 19.0 Å². The van der Waals surface area contributed by atoms with Crippen LogP contribution in [0.2, 0.25) is 0 Å². The molecule has 0 spiro atoms. The van der Waals surface area contributed by atoms with Gasteiger partial charge in [0.1, 0.15) is 5.82 Å². The molecule has 1 aliphatic rings. The Hall–Kier alpha value is -4.30. The van der Waals surface area contributed by atoms with Crippen LogP contribution in [0.3, 0.4) is 0 Å². The number of para-hydroxylation sites is 1. The minimum absolute atomic E-state index is 0.0606. The van der Waals surface area contributed by atoms with Gasteiger partial charge in [-0.3, -0.25) is 14.6 Å². The second-order valence-corrected chi connectivity index (χ2v) is 9.55. The topological polar surface area (TPSA) is 84.5 Å². The van der Waals surface area contributed by atoms with Gasteiger partial charge in [0, 0.05) is 47.5 Å². The number of carbonyl (C=O) groups is 2. The van der Waals surface area contributed by atoms with Crippen molar-refractivity contribution in [3.05, 3.63) is 106 Å². The van der Waals surface area contributed by atoms with Crippen molar-refractivity contribution in [3.8, 4) is 11.3 Å². The van der Waals surface area contributed by atoms with Crippen LogP contribution < -0.4 is 10.6 Å². The number of benzene rings is 2. The molecule has 0 bridgehead atoms. The number of pyridine rings is 1. The molecular weight excluding hydrogens is 469 g/mol. The summed E-state index contributed by atoms with van der Waals surface area (Å²) in [4.78, 5) is 34.4. The fourth-order valence-corrected chi connectivity index (χ4v) is 4.89. The Labute approximate surface area is 215 Å². The van der Waals surface area contributed by atoms with E-state index in [1.165, 1.54) is 24.8 Å². The summed E-state index contributed by atoms with van der Waals surface area (Å²) in [7, 11) is 4.06. The van der Waals surface area contributed by atoms with Gasteiger partial charge >= 0.3 is 0 Å². The smallest absolute Gasteiger partial charge is 0.260 e. The van der Waals surface area contributed by atoms with Crippen molar-refractivity contribution in [1.82, 2.24) is 14.5 Å². The summed E-state index contributed by atoms with van der Waals surface area (Å²) in [6, 6.07) is 18.2. The zero-order valence-corrected chi connectivity index (χ0v) is 21.0. The van der Waals surface area contributed by atoms with Gasteiger partial charge in [0.15, 0.2) is 0 Å². The summed E-state index contributed by atoms with van der Waals surface area (Å²) in [6.45, 7) is 3.30. The molecule has 0 saturated heterocycles. The lowest BCUT2D eigenvalue weighted by Gasteiger charge is -2.24. The molecule has 4 aromatic rings. The summed E-state index contributed by atoms with van der Waals surface area (Å²) in [5, 5.41) is 0. The van der Waals surface area contributed by atoms with Gasteiger partial charge in [-0.2, -0.15) is 0 Å². The van der Waals surface area contributed by atoms with E-state index in [4.69, 9.17) is 5.73 Å². The first-order valence-electron chi connectivity index (χ1n) is 12.0. The van der Waals surface area contributed by atoms with Gasteiger partial charge in [-0.05, 0) is 74.6 Å². The van der Waals surface area contributed by atoms with Crippen molar-refractivity contribution >= 4 is 17.5 Å². The average Bonchev–Trinajstić information content (AvgIpc) is 3.14. The Morgan fingerprint density at radius 3 is 2.57 bits per heavy atom. The molecule has 2 aromatic heterocycles. The second kappa shape index (κ2) is 9.63. The number of primary amides is 1. The largest absolute Gasteiger partial charge is 0.366 e. The Balaban J connectivity index is 1.62. The van der Waals surface area contributed by atoms with Crippen molar-refractivity contribution in [2.45, 2.75) is 26.6 Å². The van der Waals surface area contributed by atoms with Crippen LogP contribution in [0, 0.1) is 12.7 Å². The SMILES string of the molecule is Cc1c(F)cc(-c2ncccc2C(=O)N2Cc3ccc(CN(C)C)n3Cc3ccccc32)cc1C(N)=O. The van der Waals surface area contributed by atoms with Gasteiger partial charge in [0.2, 0.25) is 5.91 Å². The van der Waals surface area contributed by atoms with Gasteiger partial charge in [-0.1, -0.05) is 18.2 Å². The van der Waals surface area contributed by atoms with Crippen molar-refractivity contribution in [2.24, 2.45) is 5.73 Å². The third kappa shape index (κ3) is 4.51. The predicted octanol–water partition coefficient (Wildman–Crippen LogP) is 4.37. The highest BCUT2D eigenvalue weighted by Crippen LogP contribution is 2.33. The first-order chi connectivity index (χ1) is 17.7. The number of fused-ring (bicyclic) bond motifs is 2. The van der Waals surface area contributed by atoms with E-state index in [2.05, 4.69) is 26.6 Å². The number of amides is 2. The number of nitrogens with two attached hydrogens (primary N) is 1. The summed E-state index contributed by atoms with van der Waals surface area (Å²) in [5.74, 6) is -1.58. The maximum atomic E-state index is 14.7. The second-order valence-electron chi connectivity index (χ2n) is 9.55. The fraction of sp³-hybridized carbons (Fsp3) is 0.207. The van der Waals surface area contributed by atoms with Crippen LogP contribution in [-0.4, -0.2) is 40.4 Å². The number of hydrogen-bond donors (Lipinski definition) is 1. The van der Waals surface area contributed by atoms with Crippen LogP contribution in [0.5, 0.6) is 0 Å². The number of halogens is 1. The first-order valence-corrected chi connectivity index (χ1v) is 12.0. The first kappa shape index (κ1) is 24.4. The van der Waals surface area contributed by atoms with Crippen LogP contribution in [0.25, 0.3) is 11.3 Å². The summed E-state index contributed by atoms with van der Waals surface area (Å²) >= 11 is 0. The highest BCUT2D eigenvalue weighted by atomic mass is 19.1. The summed E-state index contributed by atoms with van der Waals surface area (Å²) < 4.78 is 17.0. The van der Waals surface area contributed by atoms with Gasteiger partial charge in [-0.15, -0.1) is 0 Å². The van der Waals surface area contributed by atoms with Gasteiger partial charge in [0.05, 0.1) is 17.8 Å². The standard InChI is InChI=1S/C29H28FN5O2/c1-18-24(28(31)36)13-20(14-25(18)30)27-23(8-6-12-32-27)29(37)35-17-22-11-10-21(16-33(2)3)34(22)15-19-7-4-5-9-26(19)35/h4-14H,15-17H2,1-3H3,(H2,31,36). The monoisotopic (exact) mass is 497 g/mol. The number of nitrogens with zero attached hydrogens (tertiary/aromatic N) is 4. The number of carbonyl (C=O) groups excluding carboxylic acids is 2. The van der Waals surface area contributed by atoms with E-state index in [1.807, 2.05) is 38.4 Å². The molecule has 1 aliphatic heterocycles. The molecule has 2 aromatic carbocycles. The quantitative estimate of drug-likeness (QED) is 0.444. The summed E-state index contributed by atoms with van der Waals surface area (Å²) in [6.07, 6.45) is 1.54. The normalized spacial score (nSPS) is 12.7. The fourth-order valence-electron chi connectivity index (χ4n) is 4.89. The minimum atomic E-state index is -0.738. The van der Waals surface area contributed by atoms with Crippen molar-refractivity contribution < 1.29 is 14.0 Å². The molecule has 0 radical (unpaired) electrons. The van der Waals surface area contributed by atoms with Crippen LogP contribution in [0.1, 0.15) is 43.2 Å². The molecule has 5 rings (SSSR count). The number of hydrogen-bond acceptors (Lipinski definition) is 4. The van der Waals surface area contributed by atoms with E-state index >= 15 is 0 Å². The van der Waals surface area contributed by atoms with Crippen molar-refractivity contribution in [3.63, 3.8) is 0 Å². The van der Waals surface area contributed by atoms with E-state index < -0.39 is 11.7 Å². The molecule has 0 atom stereocenters. The van der Waals surface area contributed by atoms with Crippen LogP contribution in [0.4, 0.5) is 10.1 Å². The van der Waals surface area contributed by atoms with Crippen LogP contribution >= 0.6 is 0 Å². The molecule has 7 nitrogen and oxygen atoms in total. The Morgan fingerprint density at radius 1 is 1.03 bits per heavy atom. The number of aromatic nitrogens is 2. The lowest BCUT2D eigenvalue weighted by Crippen LogP contribution is -2.31. The third-order valence-corrected chi connectivity index (χ3v) is 6.74. The van der Waals surface area contributed by atoms with E-state index in [-0.39, 0.29) is 17.0 Å². The van der Waals surface area contributed by atoms with E-state index in [1.54, 1.807) is 23.2 Å². The summed E-state index contributed by atoms with van der Waals surface area (Å²) in [5.41, 5.74) is 10.7. The molecule has 0 aliphatic carbocycles. The van der Waals surface area contributed by atoms with E-state index in [0.717, 1.165) is 23.5 Å².